The summed E-state index contributed by atoms with van der Waals surface area (Å²) < 4.78 is 1.10. The van der Waals surface area contributed by atoms with Gasteiger partial charge in [-0.15, -0.1) is 11.8 Å². The average molecular weight is 385 g/mol. The number of halogens is 1. The van der Waals surface area contributed by atoms with Crippen LogP contribution < -0.4 is 5.73 Å². The highest BCUT2D eigenvalue weighted by molar-refractivity contribution is 9.10. The lowest BCUT2D eigenvalue weighted by Gasteiger charge is -2.34. The van der Waals surface area contributed by atoms with Gasteiger partial charge in [0.2, 0.25) is 5.91 Å². The number of hydrogen-bond acceptors (Lipinski definition) is 3. The number of rotatable bonds is 6. The molecule has 3 nitrogen and oxygen atoms in total. The Morgan fingerprint density at radius 2 is 2.18 bits per heavy atom. The van der Waals surface area contributed by atoms with Crippen LogP contribution in [-0.2, 0) is 4.79 Å². The molecule has 1 aromatic carbocycles. The molecule has 0 aromatic heterocycles. The van der Waals surface area contributed by atoms with E-state index in [1.165, 1.54) is 4.90 Å². The van der Waals surface area contributed by atoms with Crippen molar-refractivity contribution in [3.63, 3.8) is 0 Å². The van der Waals surface area contributed by atoms with Gasteiger partial charge >= 0.3 is 0 Å². The third-order valence-corrected chi connectivity index (χ3v) is 5.80. The molecule has 1 aromatic rings. The van der Waals surface area contributed by atoms with Gasteiger partial charge < -0.3 is 10.6 Å². The Balaban J connectivity index is 1.68. The van der Waals surface area contributed by atoms with Crippen LogP contribution in [0.25, 0.3) is 0 Å². The van der Waals surface area contributed by atoms with E-state index in [1.54, 1.807) is 0 Å². The zero-order valence-corrected chi connectivity index (χ0v) is 15.5. The topological polar surface area (TPSA) is 46.3 Å². The third kappa shape index (κ3) is 5.60. The first-order valence-electron chi connectivity index (χ1n) is 7.98. The number of likely N-dealkylation sites (tertiary alicyclic amines) is 1. The van der Waals surface area contributed by atoms with Gasteiger partial charge in [0.05, 0.1) is 0 Å². The van der Waals surface area contributed by atoms with Gasteiger partial charge in [0.1, 0.15) is 0 Å². The van der Waals surface area contributed by atoms with E-state index in [0.29, 0.717) is 18.2 Å². The minimum absolute atomic E-state index is 0.184. The van der Waals surface area contributed by atoms with Crippen molar-refractivity contribution in [2.45, 2.75) is 43.5 Å². The maximum absolute atomic E-state index is 12.3. The molecular weight excluding hydrogens is 360 g/mol. The fourth-order valence-electron chi connectivity index (χ4n) is 2.77. The van der Waals surface area contributed by atoms with Crippen LogP contribution in [-0.4, -0.2) is 35.7 Å². The lowest BCUT2D eigenvalue weighted by Crippen LogP contribution is -2.45. The zero-order chi connectivity index (χ0) is 15.9. The molecule has 0 radical (unpaired) electrons. The summed E-state index contributed by atoms with van der Waals surface area (Å²) in [6.45, 7) is 3.80. The van der Waals surface area contributed by atoms with E-state index in [1.807, 2.05) is 23.6 Å². The van der Waals surface area contributed by atoms with E-state index in [9.17, 15) is 4.79 Å². The molecule has 1 saturated heterocycles. The second-order valence-corrected chi connectivity index (χ2v) is 8.09. The van der Waals surface area contributed by atoms with Gasteiger partial charge in [0.25, 0.3) is 0 Å². The Kier molecular flexibility index (Phi) is 7.25. The van der Waals surface area contributed by atoms with Crippen LogP contribution >= 0.6 is 27.7 Å². The van der Waals surface area contributed by atoms with Gasteiger partial charge in [-0.1, -0.05) is 15.9 Å². The third-order valence-electron chi connectivity index (χ3n) is 4.17. The Bertz CT molecular complexity index is 478. The molecule has 22 heavy (non-hydrogen) atoms. The molecule has 5 heteroatoms. The molecule has 122 valence electrons. The molecular formula is C17H25BrN2OS. The number of carbonyl (C=O) groups is 1. The molecule has 2 rings (SSSR count). The van der Waals surface area contributed by atoms with Crippen molar-refractivity contribution in [2.24, 2.45) is 11.7 Å². The number of piperidine rings is 1. The molecule has 1 heterocycles. The fourth-order valence-corrected chi connectivity index (χ4v) is 3.89. The minimum atomic E-state index is 0.184. The highest BCUT2D eigenvalue weighted by Gasteiger charge is 2.25. The molecule has 0 aliphatic carbocycles. The Hall–Kier alpha value is -0.520. The number of carbonyl (C=O) groups excluding carboxylic acids is 1. The molecule has 1 aliphatic rings. The Labute approximate surface area is 146 Å². The lowest BCUT2D eigenvalue weighted by molar-refractivity contribution is -0.133. The van der Waals surface area contributed by atoms with Crippen LogP contribution in [0.1, 0.15) is 32.6 Å². The fraction of sp³-hybridized carbons (Fsp3) is 0.588. The smallest absolute Gasteiger partial charge is 0.222 e. The van der Waals surface area contributed by atoms with Crippen molar-refractivity contribution in [3.05, 3.63) is 28.7 Å². The number of amides is 1. The van der Waals surface area contributed by atoms with E-state index >= 15 is 0 Å². The summed E-state index contributed by atoms with van der Waals surface area (Å²) >= 11 is 5.25. The zero-order valence-electron chi connectivity index (χ0n) is 13.1. The van der Waals surface area contributed by atoms with Crippen LogP contribution in [0, 0.1) is 5.92 Å². The summed E-state index contributed by atoms with van der Waals surface area (Å²) in [7, 11) is 0. The summed E-state index contributed by atoms with van der Waals surface area (Å²) in [6.07, 6.45) is 3.82. The number of nitrogens with zero attached hydrogens (tertiary/aromatic N) is 1. The van der Waals surface area contributed by atoms with Gasteiger partial charge in [-0.05, 0) is 62.1 Å². The van der Waals surface area contributed by atoms with Crippen molar-refractivity contribution in [1.29, 1.82) is 0 Å². The summed E-state index contributed by atoms with van der Waals surface area (Å²) in [5.41, 5.74) is 5.98. The van der Waals surface area contributed by atoms with Crippen LogP contribution in [0.15, 0.2) is 33.6 Å². The quantitative estimate of drug-likeness (QED) is 0.597. The van der Waals surface area contributed by atoms with Gasteiger partial charge in [0.15, 0.2) is 0 Å². The molecule has 2 unspecified atom stereocenters. The average Bonchev–Trinajstić information content (AvgIpc) is 2.53. The van der Waals surface area contributed by atoms with E-state index in [2.05, 4.69) is 40.2 Å². The predicted molar refractivity (Wildman–Crippen MR) is 97.1 cm³/mol. The molecule has 2 atom stereocenters. The molecule has 0 saturated carbocycles. The maximum atomic E-state index is 12.3. The molecule has 0 spiro atoms. The van der Waals surface area contributed by atoms with Gasteiger partial charge in [-0.3, -0.25) is 4.79 Å². The van der Waals surface area contributed by atoms with E-state index < -0.39 is 0 Å². The van der Waals surface area contributed by atoms with Crippen LogP contribution in [0.2, 0.25) is 0 Å². The van der Waals surface area contributed by atoms with Crippen molar-refractivity contribution in [1.82, 2.24) is 4.90 Å². The van der Waals surface area contributed by atoms with Gasteiger partial charge in [-0.25, -0.2) is 0 Å². The summed E-state index contributed by atoms with van der Waals surface area (Å²) in [4.78, 5) is 15.6. The first kappa shape index (κ1) is 17.8. The van der Waals surface area contributed by atoms with Crippen LogP contribution in [0.3, 0.4) is 0 Å². The molecule has 2 N–H and O–H groups in total. The minimum Gasteiger partial charge on any atom is -0.342 e. The highest BCUT2D eigenvalue weighted by atomic mass is 79.9. The van der Waals surface area contributed by atoms with E-state index in [-0.39, 0.29) is 6.04 Å². The first-order chi connectivity index (χ1) is 10.6. The lowest BCUT2D eigenvalue weighted by atomic mass is 9.92. The first-order valence-corrected chi connectivity index (χ1v) is 9.76. The standard InChI is InChI=1S/C17H25BrN2OS/c1-13(19)14-4-2-10-20(12-14)17(21)5-3-11-22-16-8-6-15(18)7-9-16/h6-9,13-14H,2-5,10-12,19H2,1H3. The van der Waals surface area contributed by atoms with Gasteiger partial charge in [0, 0.05) is 34.9 Å². The monoisotopic (exact) mass is 384 g/mol. The van der Waals surface area contributed by atoms with E-state index in [4.69, 9.17) is 5.73 Å². The Morgan fingerprint density at radius 1 is 1.45 bits per heavy atom. The second-order valence-electron chi connectivity index (χ2n) is 6.01. The molecule has 1 amide bonds. The number of benzene rings is 1. The van der Waals surface area contributed by atoms with E-state index in [0.717, 1.165) is 42.6 Å². The highest BCUT2D eigenvalue weighted by Crippen LogP contribution is 2.23. The molecule has 1 fully saturated rings. The van der Waals surface area contributed by atoms with Crippen LogP contribution in [0.4, 0.5) is 0 Å². The predicted octanol–water partition coefficient (Wildman–Crippen LogP) is 3.91. The summed E-state index contributed by atoms with van der Waals surface area (Å²) in [6, 6.07) is 8.50. The Morgan fingerprint density at radius 3 is 2.86 bits per heavy atom. The van der Waals surface area contributed by atoms with Crippen molar-refractivity contribution in [3.8, 4) is 0 Å². The van der Waals surface area contributed by atoms with Crippen molar-refractivity contribution >= 4 is 33.6 Å². The van der Waals surface area contributed by atoms with Crippen LogP contribution in [0.5, 0.6) is 0 Å². The molecule has 0 bridgehead atoms. The number of thioether (sulfide) groups is 1. The summed E-state index contributed by atoms with van der Waals surface area (Å²) in [5.74, 6) is 1.74. The van der Waals surface area contributed by atoms with Crippen molar-refractivity contribution < 1.29 is 4.79 Å². The van der Waals surface area contributed by atoms with Gasteiger partial charge in [-0.2, -0.15) is 0 Å². The SMILES string of the molecule is CC(N)C1CCCN(C(=O)CCCSc2ccc(Br)cc2)C1. The number of nitrogens with two attached hydrogens (primary N) is 1. The second kappa shape index (κ2) is 8.94. The largest absolute Gasteiger partial charge is 0.342 e. The summed E-state index contributed by atoms with van der Waals surface area (Å²) in [5, 5.41) is 0. The van der Waals surface area contributed by atoms with Crippen molar-refractivity contribution in [2.75, 3.05) is 18.8 Å². The molecule has 1 aliphatic heterocycles. The normalized spacial score (nSPS) is 20.0. The number of hydrogen-bond donors (Lipinski definition) is 1. The maximum Gasteiger partial charge on any atom is 0.222 e.